The van der Waals surface area contributed by atoms with Crippen LogP contribution in [0.25, 0.3) is 0 Å². The Morgan fingerprint density at radius 2 is 1.81 bits per heavy atom. The van der Waals surface area contributed by atoms with Crippen molar-refractivity contribution in [2.24, 2.45) is 11.7 Å². The Bertz CT molecular complexity index is 271. The maximum atomic E-state index is 11.4. The van der Waals surface area contributed by atoms with Gasteiger partial charge in [0, 0.05) is 5.54 Å². The summed E-state index contributed by atoms with van der Waals surface area (Å²) >= 11 is 0. The lowest BCUT2D eigenvalue weighted by molar-refractivity contribution is -0.126. The number of carboxylic acid groups (broad SMARTS) is 1. The maximum absolute atomic E-state index is 11.4. The summed E-state index contributed by atoms with van der Waals surface area (Å²) in [6.07, 6.45) is -0.412. The van der Waals surface area contributed by atoms with E-state index in [4.69, 9.17) is 5.73 Å². The van der Waals surface area contributed by atoms with E-state index in [-0.39, 0.29) is 5.92 Å². The van der Waals surface area contributed by atoms with Crippen LogP contribution in [-0.2, 0) is 4.79 Å². The third-order valence-corrected chi connectivity index (χ3v) is 2.68. The molecule has 0 rings (SSSR count). The van der Waals surface area contributed by atoms with Gasteiger partial charge in [-0.05, 0) is 26.7 Å². The zero-order chi connectivity index (χ0) is 13.1. The van der Waals surface area contributed by atoms with Crippen LogP contribution in [-0.4, -0.2) is 33.6 Å². The number of amides is 2. The van der Waals surface area contributed by atoms with Crippen molar-refractivity contribution < 1.29 is 14.7 Å². The normalized spacial score (nSPS) is 15.3. The molecule has 0 aromatic carbocycles. The molecule has 0 radical (unpaired) electrons. The van der Waals surface area contributed by atoms with Crippen LogP contribution < -0.4 is 5.73 Å². The highest BCUT2D eigenvalue weighted by molar-refractivity contribution is 5.84. The largest absolute Gasteiger partial charge is 0.465 e. The number of carbonyl (C=O) groups is 2. The van der Waals surface area contributed by atoms with Crippen LogP contribution >= 0.6 is 0 Å². The van der Waals surface area contributed by atoms with Gasteiger partial charge in [0.25, 0.3) is 0 Å². The Morgan fingerprint density at radius 3 is 2.00 bits per heavy atom. The number of nitrogens with two attached hydrogens (primary N) is 1. The fourth-order valence-corrected chi connectivity index (χ4v) is 1.71. The van der Waals surface area contributed by atoms with Gasteiger partial charge in [0.15, 0.2) is 0 Å². The molecule has 3 N–H and O–H groups in total. The smallest absolute Gasteiger partial charge is 0.408 e. The minimum atomic E-state index is -1.11. The summed E-state index contributed by atoms with van der Waals surface area (Å²) in [6.45, 7) is 8.98. The van der Waals surface area contributed by atoms with Crippen molar-refractivity contribution >= 4 is 12.0 Å². The van der Waals surface area contributed by atoms with Crippen LogP contribution in [0, 0.1) is 5.92 Å². The lowest BCUT2D eigenvalue weighted by Gasteiger charge is -2.40. The molecule has 0 aliphatic heterocycles. The first kappa shape index (κ1) is 14.7. The number of nitrogens with zero attached hydrogens (tertiary/aromatic N) is 1. The van der Waals surface area contributed by atoms with Crippen molar-refractivity contribution in [3.63, 3.8) is 0 Å². The molecular weight excluding hydrogens is 208 g/mol. The third-order valence-electron chi connectivity index (χ3n) is 2.68. The second-order valence-corrected chi connectivity index (χ2v) is 5.06. The van der Waals surface area contributed by atoms with E-state index in [0.717, 1.165) is 4.90 Å². The van der Waals surface area contributed by atoms with Gasteiger partial charge in [-0.2, -0.15) is 0 Å². The number of hydrogen-bond acceptors (Lipinski definition) is 2. The molecule has 5 heteroatoms. The lowest BCUT2D eigenvalue weighted by atomic mass is 9.93. The summed E-state index contributed by atoms with van der Waals surface area (Å²) < 4.78 is 0. The van der Waals surface area contributed by atoms with Gasteiger partial charge in [0.2, 0.25) is 5.91 Å². The third kappa shape index (κ3) is 3.40. The Balaban J connectivity index is 5.28. The Labute approximate surface area is 96.6 Å². The monoisotopic (exact) mass is 230 g/mol. The fraction of sp³-hybridized carbons (Fsp3) is 0.818. The van der Waals surface area contributed by atoms with E-state index in [1.54, 1.807) is 20.8 Å². The topological polar surface area (TPSA) is 83.6 Å². The lowest BCUT2D eigenvalue weighted by Crippen LogP contribution is -2.58. The van der Waals surface area contributed by atoms with Crippen LogP contribution in [0.2, 0.25) is 0 Å². The molecule has 0 heterocycles. The summed E-state index contributed by atoms with van der Waals surface area (Å²) in [5.41, 5.74) is 4.66. The average Bonchev–Trinajstić information content (AvgIpc) is 2.09. The second kappa shape index (κ2) is 5.18. The number of primary amides is 1. The standard InChI is InChI=1S/C11H22N2O3/c1-6-7(2)8(9(12)14)13(10(15)16)11(3,4)5/h7-8H,6H2,1-5H3,(H2,12,14)(H,15,16). The molecule has 0 spiro atoms. The molecular formula is C11H22N2O3. The highest BCUT2D eigenvalue weighted by Gasteiger charge is 2.38. The minimum absolute atomic E-state index is 0.0900. The van der Waals surface area contributed by atoms with Gasteiger partial charge in [-0.3, -0.25) is 9.69 Å². The molecule has 5 nitrogen and oxygen atoms in total. The summed E-state index contributed by atoms with van der Waals surface area (Å²) in [6, 6.07) is -0.775. The fourth-order valence-electron chi connectivity index (χ4n) is 1.71. The van der Waals surface area contributed by atoms with Crippen molar-refractivity contribution in [3.8, 4) is 0 Å². The van der Waals surface area contributed by atoms with Crippen LogP contribution in [0.3, 0.4) is 0 Å². The first-order valence-electron chi connectivity index (χ1n) is 5.44. The van der Waals surface area contributed by atoms with E-state index in [9.17, 15) is 14.7 Å². The minimum Gasteiger partial charge on any atom is -0.465 e. The molecule has 0 saturated carbocycles. The molecule has 0 aliphatic rings. The van der Waals surface area contributed by atoms with E-state index >= 15 is 0 Å². The van der Waals surface area contributed by atoms with E-state index in [1.807, 2.05) is 13.8 Å². The van der Waals surface area contributed by atoms with Crippen molar-refractivity contribution in [2.45, 2.75) is 52.6 Å². The highest BCUT2D eigenvalue weighted by atomic mass is 16.4. The average molecular weight is 230 g/mol. The Hall–Kier alpha value is -1.26. The first-order valence-corrected chi connectivity index (χ1v) is 5.44. The molecule has 0 aromatic rings. The predicted octanol–water partition coefficient (Wildman–Crippen LogP) is 1.66. The van der Waals surface area contributed by atoms with Gasteiger partial charge < -0.3 is 10.8 Å². The van der Waals surface area contributed by atoms with E-state index in [1.165, 1.54) is 0 Å². The van der Waals surface area contributed by atoms with Crippen molar-refractivity contribution in [1.82, 2.24) is 4.90 Å². The van der Waals surface area contributed by atoms with Crippen molar-refractivity contribution in [1.29, 1.82) is 0 Å². The molecule has 2 amide bonds. The van der Waals surface area contributed by atoms with E-state index in [0.29, 0.717) is 6.42 Å². The van der Waals surface area contributed by atoms with Gasteiger partial charge in [-0.25, -0.2) is 4.79 Å². The Morgan fingerprint density at radius 1 is 1.38 bits per heavy atom. The summed E-state index contributed by atoms with van der Waals surface area (Å²) in [7, 11) is 0. The number of carbonyl (C=O) groups excluding carboxylic acids is 1. The molecule has 0 aromatic heterocycles. The molecule has 0 fully saturated rings. The van der Waals surface area contributed by atoms with Crippen molar-refractivity contribution in [3.05, 3.63) is 0 Å². The molecule has 94 valence electrons. The van der Waals surface area contributed by atoms with Gasteiger partial charge >= 0.3 is 6.09 Å². The summed E-state index contributed by atoms with van der Waals surface area (Å²) in [5, 5.41) is 9.19. The zero-order valence-corrected chi connectivity index (χ0v) is 10.7. The quantitative estimate of drug-likeness (QED) is 0.770. The van der Waals surface area contributed by atoms with Crippen LogP contribution in [0.5, 0.6) is 0 Å². The molecule has 0 saturated heterocycles. The molecule has 16 heavy (non-hydrogen) atoms. The molecule has 0 bridgehead atoms. The van der Waals surface area contributed by atoms with E-state index in [2.05, 4.69) is 0 Å². The van der Waals surface area contributed by atoms with Gasteiger partial charge in [0.05, 0.1) is 0 Å². The molecule has 0 aliphatic carbocycles. The molecule has 2 unspecified atom stereocenters. The van der Waals surface area contributed by atoms with E-state index < -0.39 is 23.6 Å². The summed E-state index contributed by atoms with van der Waals surface area (Å²) in [5.74, 6) is -0.681. The highest BCUT2D eigenvalue weighted by Crippen LogP contribution is 2.23. The van der Waals surface area contributed by atoms with Gasteiger partial charge in [-0.15, -0.1) is 0 Å². The zero-order valence-electron chi connectivity index (χ0n) is 10.7. The number of rotatable bonds is 4. The molecule has 2 atom stereocenters. The second-order valence-electron chi connectivity index (χ2n) is 5.06. The van der Waals surface area contributed by atoms with Crippen molar-refractivity contribution in [2.75, 3.05) is 0 Å². The van der Waals surface area contributed by atoms with Crippen LogP contribution in [0.1, 0.15) is 41.0 Å². The van der Waals surface area contributed by atoms with Gasteiger partial charge in [-0.1, -0.05) is 20.3 Å². The predicted molar refractivity (Wildman–Crippen MR) is 62.1 cm³/mol. The maximum Gasteiger partial charge on any atom is 0.408 e. The van der Waals surface area contributed by atoms with Crippen LogP contribution in [0.15, 0.2) is 0 Å². The summed E-state index contributed by atoms with van der Waals surface area (Å²) in [4.78, 5) is 23.8. The number of hydrogen-bond donors (Lipinski definition) is 2. The first-order chi connectivity index (χ1) is 7.12. The Kier molecular flexibility index (Phi) is 4.78. The van der Waals surface area contributed by atoms with Crippen LogP contribution in [0.4, 0.5) is 4.79 Å². The van der Waals surface area contributed by atoms with Gasteiger partial charge in [0.1, 0.15) is 6.04 Å². The SMILES string of the molecule is CCC(C)C(C(N)=O)N(C(=O)O)C(C)(C)C.